The average molecular weight is 269 g/mol. The van der Waals surface area contributed by atoms with E-state index in [-0.39, 0.29) is 5.91 Å². The summed E-state index contributed by atoms with van der Waals surface area (Å²) >= 11 is 0. The van der Waals surface area contributed by atoms with E-state index in [0.29, 0.717) is 6.42 Å². The largest absolute Gasteiger partial charge is 0.349 e. The minimum Gasteiger partial charge on any atom is -0.349 e. The van der Waals surface area contributed by atoms with Crippen LogP contribution in [0.25, 0.3) is 0 Å². The third-order valence-corrected chi connectivity index (χ3v) is 3.88. The Labute approximate surface area is 118 Å². The van der Waals surface area contributed by atoms with Gasteiger partial charge in [0, 0.05) is 27.1 Å². The van der Waals surface area contributed by atoms with E-state index in [2.05, 4.69) is 17.1 Å². The monoisotopic (exact) mass is 269 g/mol. The number of hydrogen-bond donors (Lipinski definition) is 1. The number of carbonyl (C=O) groups excluding carboxylic acids is 1. The fourth-order valence-corrected chi connectivity index (χ4v) is 2.72. The minimum atomic E-state index is 0.248. The lowest BCUT2D eigenvalue weighted by atomic mass is 9.97. The van der Waals surface area contributed by atoms with Gasteiger partial charge in [0.25, 0.3) is 0 Å². The average Bonchev–Trinajstić information content (AvgIpc) is 2.39. The third kappa shape index (κ3) is 6.92. The minimum absolute atomic E-state index is 0.248. The van der Waals surface area contributed by atoms with Crippen LogP contribution in [0, 0.1) is 5.92 Å². The van der Waals surface area contributed by atoms with Crippen molar-refractivity contribution < 1.29 is 4.79 Å². The Bertz CT molecular complexity index is 250. The van der Waals surface area contributed by atoms with E-state index in [4.69, 9.17) is 0 Å². The van der Waals surface area contributed by atoms with E-state index in [9.17, 15) is 4.79 Å². The maximum atomic E-state index is 11.6. The van der Waals surface area contributed by atoms with Crippen molar-refractivity contribution >= 4 is 5.91 Å². The molecule has 4 nitrogen and oxygen atoms in total. The zero-order valence-corrected chi connectivity index (χ0v) is 13.0. The number of carbonyl (C=O) groups is 1. The van der Waals surface area contributed by atoms with Crippen LogP contribution in [0.5, 0.6) is 0 Å². The van der Waals surface area contributed by atoms with Crippen LogP contribution in [0.15, 0.2) is 0 Å². The highest BCUT2D eigenvalue weighted by molar-refractivity contribution is 5.75. The molecule has 19 heavy (non-hydrogen) atoms. The Morgan fingerprint density at radius 2 is 1.89 bits per heavy atom. The Morgan fingerprint density at radius 1 is 1.21 bits per heavy atom. The molecule has 1 aliphatic heterocycles. The molecule has 0 unspecified atom stereocenters. The molecule has 0 radical (unpaired) electrons. The van der Waals surface area contributed by atoms with Gasteiger partial charge in [0.2, 0.25) is 5.91 Å². The van der Waals surface area contributed by atoms with E-state index < -0.39 is 0 Å². The lowest BCUT2D eigenvalue weighted by molar-refractivity contribution is -0.128. The van der Waals surface area contributed by atoms with Gasteiger partial charge < -0.3 is 15.1 Å². The molecule has 0 spiro atoms. The third-order valence-electron chi connectivity index (χ3n) is 3.88. The van der Waals surface area contributed by atoms with E-state index in [1.807, 2.05) is 14.1 Å². The number of rotatable bonds is 8. The van der Waals surface area contributed by atoms with Gasteiger partial charge in [-0.15, -0.1) is 0 Å². The molecule has 4 heteroatoms. The van der Waals surface area contributed by atoms with Crippen molar-refractivity contribution in [3.63, 3.8) is 0 Å². The predicted molar refractivity (Wildman–Crippen MR) is 80.3 cm³/mol. The predicted octanol–water partition coefficient (Wildman–Crippen LogP) is 1.57. The highest BCUT2D eigenvalue weighted by Gasteiger charge is 2.16. The smallest absolute Gasteiger partial charge is 0.222 e. The van der Waals surface area contributed by atoms with Crippen LogP contribution in [0.3, 0.4) is 0 Å². The topological polar surface area (TPSA) is 35.6 Å². The summed E-state index contributed by atoms with van der Waals surface area (Å²) in [4.78, 5) is 15.8. The first kappa shape index (κ1) is 16.4. The maximum Gasteiger partial charge on any atom is 0.222 e. The van der Waals surface area contributed by atoms with E-state index in [1.165, 1.54) is 45.4 Å². The van der Waals surface area contributed by atoms with Gasteiger partial charge in [-0.25, -0.2) is 0 Å². The summed E-state index contributed by atoms with van der Waals surface area (Å²) in [6.07, 6.45) is 5.47. The summed E-state index contributed by atoms with van der Waals surface area (Å²) in [6, 6.07) is 0. The number of nitrogens with one attached hydrogen (secondary N) is 1. The molecule has 1 heterocycles. The molecule has 0 aromatic carbocycles. The van der Waals surface area contributed by atoms with Gasteiger partial charge in [-0.1, -0.05) is 6.92 Å². The van der Waals surface area contributed by atoms with Crippen molar-refractivity contribution in [1.29, 1.82) is 0 Å². The molecule has 0 bridgehead atoms. The van der Waals surface area contributed by atoms with E-state index >= 15 is 0 Å². The van der Waals surface area contributed by atoms with E-state index in [0.717, 1.165) is 18.9 Å². The fourth-order valence-electron chi connectivity index (χ4n) is 2.72. The van der Waals surface area contributed by atoms with Gasteiger partial charge in [0.05, 0.1) is 0 Å². The van der Waals surface area contributed by atoms with Crippen LogP contribution in [0.1, 0.15) is 39.0 Å². The second-order valence-corrected chi connectivity index (χ2v) is 5.89. The highest BCUT2D eigenvalue weighted by atomic mass is 16.2. The number of hydrogen-bond acceptors (Lipinski definition) is 3. The zero-order chi connectivity index (χ0) is 14.1. The molecule has 1 fully saturated rings. The van der Waals surface area contributed by atoms with Crippen molar-refractivity contribution in [3.05, 3.63) is 0 Å². The van der Waals surface area contributed by atoms with Crippen molar-refractivity contribution in [1.82, 2.24) is 15.1 Å². The van der Waals surface area contributed by atoms with Gasteiger partial charge >= 0.3 is 0 Å². The first-order valence-corrected chi connectivity index (χ1v) is 7.76. The second-order valence-electron chi connectivity index (χ2n) is 5.89. The molecule has 112 valence electrons. The van der Waals surface area contributed by atoms with Gasteiger partial charge in [0.15, 0.2) is 0 Å². The summed E-state index contributed by atoms with van der Waals surface area (Å²) in [5.41, 5.74) is 0. The molecule has 0 saturated carbocycles. The summed E-state index contributed by atoms with van der Waals surface area (Å²) in [5.74, 6) is 1.09. The molecule has 1 amide bonds. The summed E-state index contributed by atoms with van der Waals surface area (Å²) in [7, 11) is 3.67. The van der Waals surface area contributed by atoms with Crippen LogP contribution >= 0.6 is 0 Å². The number of piperidine rings is 1. The molecular weight excluding hydrogens is 238 g/mol. The molecule has 0 aliphatic carbocycles. The quantitative estimate of drug-likeness (QED) is 0.726. The summed E-state index contributed by atoms with van der Waals surface area (Å²) < 4.78 is 0. The van der Waals surface area contributed by atoms with Gasteiger partial charge in [-0.05, 0) is 57.8 Å². The zero-order valence-electron chi connectivity index (χ0n) is 13.0. The Morgan fingerprint density at radius 3 is 2.47 bits per heavy atom. The molecule has 0 aromatic heterocycles. The number of nitrogens with zero attached hydrogens (tertiary/aromatic N) is 2. The standard InChI is InChI=1S/C15H31N3O/c1-4-11-18(12-5-6-15(19)17(2)3)13-14-7-9-16-10-8-14/h14,16H,4-13H2,1-3H3. The van der Waals surface area contributed by atoms with E-state index in [1.54, 1.807) is 4.90 Å². The normalized spacial score (nSPS) is 16.8. The Balaban J connectivity index is 2.25. The molecule has 1 saturated heterocycles. The first-order valence-electron chi connectivity index (χ1n) is 7.76. The Hall–Kier alpha value is -0.610. The summed E-state index contributed by atoms with van der Waals surface area (Å²) in [5, 5.41) is 3.42. The highest BCUT2D eigenvalue weighted by Crippen LogP contribution is 2.14. The first-order chi connectivity index (χ1) is 9.13. The molecular formula is C15H31N3O. The fraction of sp³-hybridized carbons (Fsp3) is 0.933. The summed E-state index contributed by atoms with van der Waals surface area (Å²) in [6.45, 7) is 8.02. The van der Waals surface area contributed by atoms with Crippen LogP contribution in [0.4, 0.5) is 0 Å². The van der Waals surface area contributed by atoms with Crippen LogP contribution in [-0.2, 0) is 4.79 Å². The molecule has 1 aliphatic rings. The van der Waals surface area contributed by atoms with Crippen LogP contribution in [0.2, 0.25) is 0 Å². The molecule has 1 rings (SSSR count). The Kier molecular flexibility index (Phi) is 8.07. The van der Waals surface area contributed by atoms with Gasteiger partial charge in [-0.2, -0.15) is 0 Å². The maximum absolute atomic E-state index is 11.6. The lowest BCUT2D eigenvalue weighted by Crippen LogP contribution is -2.37. The molecule has 1 N–H and O–H groups in total. The lowest BCUT2D eigenvalue weighted by Gasteiger charge is -2.30. The second kappa shape index (κ2) is 9.32. The van der Waals surface area contributed by atoms with Crippen molar-refractivity contribution in [3.8, 4) is 0 Å². The van der Waals surface area contributed by atoms with Crippen LogP contribution in [-0.4, -0.2) is 62.5 Å². The SMILES string of the molecule is CCCN(CCCC(=O)N(C)C)CC1CCNCC1. The van der Waals surface area contributed by atoms with Crippen molar-refractivity contribution in [2.45, 2.75) is 39.0 Å². The molecule has 0 atom stereocenters. The van der Waals surface area contributed by atoms with Gasteiger partial charge in [0.1, 0.15) is 0 Å². The molecule has 0 aromatic rings. The van der Waals surface area contributed by atoms with Crippen LogP contribution < -0.4 is 5.32 Å². The van der Waals surface area contributed by atoms with Crippen molar-refractivity contribution in [2.24, 2.45) is 5.92 Å². The number of amides is 1. The van der Waals surface area contributed by atoms with Gasteiger partial charge in [-0.3, -0.25) is 4.79 Å². The van der Waals surface area contributed by atoms with Crippen molar-refractivity contribution in [2.75, 3.05) is 46.8 Å².